The van der Waals surface area contributed by atoms with Gasteiger partial charge >= 0.3 is 0 Å². The van der Waals surface area contributed by atoms with Crippen LogP contribution in [0.2, 0.25) is 5.02 Å². The van der Waals surface area contributed by atoms with E-state index in [4.69, 9.17) is 22.1 Å². The van der Waals surface area contributed by atoms with E-state index < -0.39 is 17.2 Å². The predicted molar refractivity (Wildman–Crippen MR) is 157 cm³/mol. The molecule has 3 aromatic rings. The van der Waals surface area contributed by atoms with Crippen LogP contribution in [0.15, 0.2) is 39.1 Å². The molecule has 41 heavy (non-hydrogen) atoms. The number of nitrogens with two attached hydrogens (primary N) is 1. The molecule has 0 saturated carbocycles. The Kier molecular flexibility index (Phi) is 7.69. The minimum atomic E-state index is -0.532. The van der Waals surface area contributed by atoms with Crippen LogP contribution < -0.4 is 16.2 Å². The number of ether oxygens (including phenoxy) is 1. The number of aromatic hydroxyl groups is 1. The highest BCUT2D eigenvalue weighted by Crippen LogP contribution is 2.44. The van der Waals surface area contributed by atoms with Crippen molar-refractivity contribution in [3.8, 4) is 5.88 Å². The Bertz CT molecular complexity index is 1550. The third-order valence-corrected chi connectivity index (χ3v) is 10.4. The zero-order chi connectivity index (χ0) is 28.7. The van der Waals surface area contributed by atoms with Crippen molar-refractivity contribution < 1.29 is 14.6 Å². The first kappa shape index (κ1) is 28.0. The molecule has 216 valence electrons. The topological polar surface area (TPSA) is 136 Å². The zero-order valence-corrected chi connectivity index (χ0v) is 24.5. The molecule has 0 amide bonds. The maximum absolute atomic E-state index is 13.2. The van der Waals surface area contributed by atoms with Crippen LogP contribution in [0.25, 0.3) is 0 Å². The lowest BCUT2D eigenvalue weighted by Crippen LogP contribution is -2.43. The van der Waals surface area contributed by atoms with Crippen LogP contribution in [0.3, 0.4) is 0 Å². The van der Waals surface area contributed by atoms with Gasteiger partial charge in [0.05, 0.1) is 17.8 Å². The molecule has 0 radical (unpaired) electrons. The first-order chi connectivity index (χ1) is 19.8. The number of benzene rings is 1. The summed E-state index contributed by atoms with van der Waals surface area (Å²) in [6, 6.07) is 5.32. The quantitative estimate of drug-likeness (QED) is 0.399. The number of nitrogen functional groups attached to an aromatic ring is 1. The maximum Gasteiger partial charge on any atom is 0.268 e. The highest BCUT2D eigenvalue weighted by Gasteiger charge is 2.43. The van der Waals surface area contributed by atoms with Crippen LogP contribution in [-0.4, -0.2) is 56.7 Å². The summed E-state index contributed by atoms with van der Waals surface area (Å²) in [7, 11) is 0. The lowest BCUT2D eigenvalue weighted by molar-refractivity contribution is 0.0987. The van der Waals surface area contributed by atoms with Crippen LogP contribution >= 0.6 is 23.4 Å². The summed E-state index contributed by atoms with van der Waals surface area (Å²) in [4.78, 5) is 42.4. The van der Waals surface area contributed by atoms with Gasteiger partial charge in [-0.1, -0.05) is 42.4 Å². The fraction of sp³-hybridized carbons (Fsp3) is 0.483. The van der Waals surface area contributed by atoms with E-state index in [2.05, 4.69) is 26.8 Å². The van der Waals surface area contributed by atoms with Crippen molar-refractivity contribution in [1.29, 1.82) is 0 Å². The molecule has 0 aliphatic carbocycles. The summed E-state index contributed by atoms with van der Waals surface area (Å²) in [6.07, 6.45) is 6.02. The highest BCUT2D eigenvalue weighted by atomic mass is 35.5. The average molecular weight is 597 g/mol. The number of carbonyl (C=O) groups is 1. The van der Waals surface area contributed by atoms with Gasteiger partial charge in [0.1, 0.15) is 22.2 Å². The van der Waals surface area contributed by atoms with Crippen molar-refractivity contribution in [3.05, 3.63) is 56.7 Å². The number of rotatable bonds is 6. The van der Waals surface area contributed by atoms with E-state index in [9.17, 15) is 14.7 Å². The van der Waals surface area contributed by atoms with Gasteiger partial charge in [0.15, 0.2) is 11.6 Å². The lowest BCUT2D eigenvalue weighted by atomic mass is 9.72. The molecule has 3 aliphatic rings. The summed E-state index contributed by atoms with van der Waals surface area (Å²) in [6.45, 7) is 6.20. The number of aryl methyl sites for hydroxylation is 1. The fourth-order valence-electron chi connectivity index (χ4n) is 6.13. The first-order valence-electron chi connectivity index (χ1n) is 14.0. The first-order valence-corrected chi connectivity index (χ1v) is 15.2. The van der Waals surface area contributed by atoms with Crippen molar-refractivity contribution >= 4 is 40.8 Å². The Hall–Kier alpha value is -3.15. The molecule has 6 rings (SSSR count). The number of anilines is 2. The number of piperidine rings is 1. The van der Waals surface area contributed by atoms with Crippen LogP contribution in [-0.2, 0) is 24.1 Å². The monoisotopic (exact) mass is 596 g/mol. The molecule has 10 nitrogen and oxygen atoms in total. The molecule has 2 fully saturated rings. The predicted octanol–water partition coefficient (Wildman–Crippen LogP) is 4.14. The third kappa shape index (κ3) is 5.30. The van der Waals surface area contributed by atoms with E-state index in [0.717, 1.165) is 57.8 Å². The second-order valence-electron chi connectivity index (χ2n) is 11.3. The molecule has 2 saturated heterocycles. The average Bonchev–Trinajstić information content (AvgIpc) is 3.31. The van der Waals surface area contributed by atoms with Crippen molar-refractivity contribution in [1.82, 2.24) is 19.5 Å². The SMILES string of the molecule is C[C@@H]1COCC12CCN(c1cnc(Sc3cccc(CC(=O)c4c(O)nc5n(c4=O)CCCC5)c3Cl)c(N)n1)CC2. The van der Waals surface area contributed by atoms with Gasteiger partial charge < -0.3 is 20.5 Å². The second kappa shape index (κ2) is 11.3. The van der Waals surface area contributed by atoms with Crippen LogP contribution in [0.5, 0.6) is 5.88 Å². The van der Waals surface area contributed by atoms with Gasteiger partial charge in [-0.15, -0.1) is 0 Å². The van der Waals surface area contributed by atoms with E-state index in [1.54, 1.807) is 18.3 Å². The van der Waals surface area contributed by atoms with Gasteiger partial charge in [0, 0.05) is 49.4 Å². The van der Waals surface area contributed by atoms with E-state index >= 15 is 0 Å². The number of nitrogens with zero attached hydrogens (tertiary/aromatic N) is 5. The summed E-state index contributed by atoms with van der Waals surface area (Å²) >= 11 is 7.99. The molecule has 3 N–H and O–H groups in total. The van der Waals surface area contributed by atoms with E-state index in [-0.39, 0.29) is 17.4 Å². The molecule has 12 heteroatoms. The van der Waals surface area contributed by atoms with Gasteiger partial charge in [-0.3, -0.25) is 14.2 Å². The lowest BCUT2D eigenvalue weighted by Gasteiger charge is -2.41. The summed E-state index contributed by atoms with van der Waals surface area (Å²) in [5.41, 5.74) is 6.33. The summed E-state index contributed by atoms with van der Waals surface area (Å²) in [5.74, 6) is 1.09. The van der Waals surface area contributed by atoms with Gasteiger partial charge in [-0.25, -0.2) is 9.97 Å². The summed E-state index contributed by atoms with van der Waals surface area (Å²) in [5, 5.41) is 11.3. The van der Waals surface area contributed by atoms with Gasteiger partial charge in [-0.2, -0.15) is 4.98 Å². The Balaban J connectivity index is 1.16. The molecular weight excluding hydrogens is 564 g/mol. The van der Waals surface area contributed by atoms with Crippen LogP contribution in [0.4, 0.5) is 11.6 Å². The molecule has 1 spiro atoms. The zero-order valence-electron chi connectivity index (χ0n) is 22.9. The van der Waals surface area contributed by atoms with Gasteiger partial charge in [-0.05, 0) is 43.2 Å². The standard InChI is InChI=1S/C29H33ClN6O4S/c1-17-15-40-16-29(17)8-11-35(12-9-29)22-14-32-27(25(31)33-22)41-20-6-4-5-18(24(20)30)13-19(37)23-26(38)34-21-7-2-3-10-36(21)28(23)39/h4-6,14,17,38H,2-3,7-13,15-16H2,1H3,(H2,31,33)/t17-/m1/s1. The second-order valence-corrected chi connectivity index (χ2v) is 12.7. The normalized spacial score (nSPS) is 19.9. The molecule has 3 aliphatic heterocycles. The molecular formula is C29H33ClN6O4S. The van der Waals surface area contributed by atoms with Gasteiger partial charge in [0.2, 0.25) is 5.88 Å². The number of fused-ring (bicyclic) bond motifs is 1. The van der Waals surface area contributed by atoms with E-state index in [0.29, 0.717) is 51.0 Å². The Morgan fingerprint density at radius 3 is 2.78 bits per heavy atom. The van der Waals surface area contributed by atoms with Crippen LogP contribution in [0, 0.1) is 11.3 Å². The Morgan fingerprint density at radius 2 is 2.05 bits per heavy atom. The largest absolute Gasteiger partial charge is 0.493 e. The van der Waals surface area contributed by atoms with Crippen molar-refractivity contribution in [2.45, 2.75) is 61.9 Å². The number of carbonyl (C=O) groups excluding carboxylic acids is 1. The maximum atomic E-state index is 13.2. The van der Waals surface area contributed by atoms with Crippen LogP contribution in [0.1, 0.15) is 54.4 Å². The van der Waals surface area contributed by atoms with E-state index in [1.165, 1.54) is 16.3 Å². The fourth-order valence-corrected chi connectivity index (χ4v) is 7.27. The highest BCUT2D eigenvalue weighted by molar-refractivity contribution is 7.99. The molecule has 0 bridgehead atoms. The van der Waals surface area contributed by atoms with E-state index in [1.807, 2.05) is 6.07 Å². The van der Waals surface area contributed by atoms with Crippen molar-refractivity contribution in [2.24, 2.45) is 11.3 Å². The molecule has 1 atom stereocenters. The van der Waals surface area contributed by atoms with Crippen molar-refractivity contribution in [2.75, 3.05) is 36.9 Å². The Morgan fingerprint density at radius 1 is 1.24 bits per heavy atom. The number of ketones is 1. The smallest absolute Gasteiger partial charge is 0.268 e. The molecule has 1 aromatic carbocycles. The third-order valence-electron chi connectivity index (χ3n) is 8.78. The molecule has 5 heterocycles. The number of hydrogen-bond donors (Lipinski definition) is 2. The number of aromatic nitrogens is 4. The minimum absolute atomic E-state index is 0.155. The van der Waals surface area contributed by atoms with Crippen molar-refractivity contribution in [3.63, 3.8) is 0 Å². The molecule has 0 unspecified atom stereocenters. The number of hydrogen-bond acceptors (Lipinski definition) is 10. The Labute approximate surface area is 247 Å². The summed E-state index contributed by atoms with van der Waals surface area (Å²) < 4.78 is 7.23. The van der Waals surface area contributed by atoms with Gasteiger partial charge in [0.25, 0.3) is 5.56 Å². The minimum Gasteiger partial charge on any atom is -0.493 e. The number of halogens is 1. The number of Topliss-reactive ketones (excluding diaryl/α,β-unsaturated/α-hetero) is 1. The molecule has 2 aromatic heterocycles.